The summed E-state index contributed by atoms with van der Waals surface area (Å²) >= 11 is 0. The second kappa shape index (κ2) is 6.26. The summed E-state index contributed by atoms with van der Waals surface area (Å²) in [6, 6.07) is 18.7. The van der Waals surface area contributed by atoms with Crippen molar-refractivity contribution in [3.63, 3.8) is 0 Å². The summed E-state index contributed by atoms with van der Waals surface area (Å²) < 4.78 is 19.3. The van der Waals surface area contributed by atoms with Crippen molar-refractivity contribution in [3.05, 3.63) is 88.5 Å². The largest absolute Gasteiger partial charge is 0.488 e. The van der Waals surface area contributed by atoms with Gasteiger partial charge >= 0.3 is 0 Å². The molecule has 1 aromatic heterocycles. The fourth-order valence-corrected chi connectivity index (χ4v) is 2.18. The lowest BCUT2D eigenvalue weighted by atomic mass is 10.1. The molecular weight excluding hydrogens is 281 g/mol. The molecule has 1 N–H and O–H groups in total. The molecule has 0 unspecified atom stereocenters. The van der Waals surface area contributed by atoms with E-state index in [9.17, 15) is 9.18 Å². The third-order valence-electron chi connectivity index (χ3n) is 3.24. The van der Waals surface area contributed by atoms with Crippen LogP contribution >= 0.6 is 0 Å². The summed E-state index contributed by atoms with van der Waals surface area (Å²) in [7, 11) is 0. The van der Waals surface area contributed by atoms with Crippen molar-refractivity contribution in [2.24, 2.45) is 0 Å². The highest BCUT2D eigenvalue weighted by Crippen LogP contribution is 2.29. The van der Waals surface area contributed by atoms with E-state index in [1.807, 2.05) is 30.3 Å². The first-order chi connectivity index (χ1) is 10.7. The Bertz CT molecular complexity index is 828. The number of nitrogens with one attached hydrogen (secondary N) is 1. The molecule has 3 aromatic rings. The van der Waals surface area contributed by atoms with Crippen molar-refractivity contribution in [2.45, 2.75) is 6.61 Å². The van der Waals surface area contributed by atoms with E-state index in [1.54, 1.807) is 18.2 Å². The van der Waals surface area contributed by atoms with Gasteiger partial charge in [0.25, 0.3) is 0 Å². The summed E-state index contributed by atoms with van der Waals surface area (Å²) in [5.41, 5.74) is 1.82. The molecular formula is C18H14FNO2. The predicted octanol–water partition coefficient (Wildman–Crippen LogP) is 3.76. The first kappa shape index (κ1) is 14.1. The van der Waals surface area contributed by atoms with Crippen LogP contribution in [0, 0.1) is 5.82 Å². The van der Waals surface area contributed by atoms with Crippen molar-refractivity contribution in [1.29, 1.82) is 0 Å². The van der Waals surface area contributed by atoms with Crippen LogP contribution in [0.15, 0.2) is 71.5 Å². The number of pyridine rings is 1. The van der Waals surface area contributed by atoms with Crippen LogP contribution < -0.4 is 10.3 Å². The third-order valence-corrected chi connectivity index (χ3v) is 3.24. The second-order valence-electron chi connectivity index (χ2n) is 4.84. The second-order valence-corrected chi connectivity index (χ2v) is 4.84. The lowest BCUT2D eigenvalue weighted by Gasteiger charge is -2.12. The molecule has 110 valence electrons. The van der Waals surface area contributed by atoms with Crippen LogP contribution in [0.1, 0.15) is 5.56 Å². The van der Waals surface area contributed by atoms with E-state index in [4.69, 9.17) is 4.74 Å². The fraction of sp³-hybridized carbons (Fsp3) is 0.0556. The van der Waals surface area contributed by atoms with E-state index in [0.29, 0.717) is 23.6 Å². The van der Waals surface area contributed by atoms with E-state index in [-0.39, 0.29) is 11.4 Å². The first-order valence-corrected chi connectivity index (χ1v) is 6.88. The molecule has 0 atom stereocenters. The van der Waals surface area contributed by atoms with E-state index in [0.717, 1.165) is 5.56 Å². The highest BCUT2D eigenvalue weighted by Gasteiger charge is 2.09. The monoisotopic (exact) mass is 295 g/mol. The van der Waals surface area contributed by atoms with Gasteiger partial charge in [-0.3, -0.25) is 4.79 Å². The number of H-pyrrole nitrogens is 1. The number of hydrogen-bond acceptors (Lipinski definition) is 2. The molecule has 0 fully saturated rings. The summed E-state index contributed by atoms with van der Waals surface area (Å²) in [6.45, 7) is 0.372. The zero-order valence-electron chi connectivity index (χ0n) is 11.8. The molecule has 22 heavy (non-hydrogen) atoms. The Balaban J connectivity index is 1.93. The van der Waals surface area contributed by atoms with Gasteiger partial charge in [-0.2, -0.15) is 0 Å². The number of hydrogen-bond donors (Lipinski definition) is 1. The SMILES string of the molecule is O=c1cccc(-c2cc(F)ccc2OCc2ccccc2)[nH]1. The molecule has 1 heterocycles. The topological polar surface area (TPSA) is 42.1 Å². The zero-order chi connectivity index (χ0) is 15.4. The maximum absolute atomic E-state index is 13.5. The average Bonchev–Trinajstić information content (AvgIpc) is 2.54. The quantitative estimate of drug-likeness (QED) is 0.796. The molecule has 3 nitrogen and oxygen atoms in total. The van der Waals surface area contributed by atoms with Crippen LogP contribution in [-0.4, -0.2) is 4.98 Å². The van der Waals surface area contributed by atoms with Crippen molar-refractivity contribution >= 4 is 0 Å². The molecule has 3 rings (SSSR count). The minimum Gasteiger partial charge on any atom is -0.488 e. The smallest absolute Gasteiger partial charge is 0.248 e. The predicted molar refractivity (Wildman–Crippen MR) is 83.2 cm³/mol. The minimum absolute atomic E-state index is 0.240. The number of benzene rings is 2. The molecule has 4 heteroatoms. The van der Waals surface area contributed by atoms with Gasteiger partial charge in [0.2, 0.25) is 5.56 Å². The van der Waals surface area contributed by atoms with Crippen molar-refractivity contribution in [1.82, 2.24) is 4.98 Å². The lowest BCUT2D eigenvalue weighted by molar-refractivity contribution is 0.307. The standard InChI is InChI=1S/C18H14FNO2/c19-14-9-10-17(22-12-13-5-2-1-3-6-13)15(11-14)16-7-4-8-18(21)20-16/h1-11H,12H2,(H,20,21). The Labute approximate surface area is 127 Å². The number of aromatic amines is 1. The highest BCUT2D eigenvalue weighted by atomic mass is 19.1. The fourth-order valence-electron chi connectivity index (χ4n) is 2.18. The zero-order valence-corrected chi connectivity index (χ0v) is 11.8. The van der Waals surface area contributed by atoms with Crippen LogP contribution in [0.25, 0.3) is 11.3 Å². The van der Waals surface area contributed by atoms with Gasteiger partial charge in [0.05, 0.1) is 5.69 Å². The molecule has 0 aliphatic heterocycles. The molecule has 0 aliphatic carbocycles. The number of halogens is 1. The molecule has 0 bridgehead atoms. The summed E-state index contributed by atoms with van der Waals surface area (Å²) in [5, 5.41) is 0. The van der Waals surface area contributed by atoms with Crippen LogP contribution in [0.4, 0.5) is 4.39 Å². The van der Waals surface area contributed by atoms with Crippen LogP contribution in [0.2, 0.25) is 0 Å². The lowest BCUT2D eigenvalue weighted by Crippen LogP contribution is -2.05. The van der Waals surface area contributed by atoms with Gasteiger partial charge in [-0.15, -0.1) is 0 Å². The van der Waals surface area contributed by atoms with Crippen LogP contribution in [0.3, 0.4) is 0 Å². The molecule has 0 radical (unpaired) electrons. The average molecular weight is 295 g/mol. The van der Waals surface area contributed by atoms with E-state index >= 15 is 0 Å². The highest BCUT2D eigenvalue weighted by molar-refractivity contribution is 5.67. The summed E-state index contributed by atoms with van der Waals surface area (Å²) in [5.74, 6) is 0.138. The number of rotatable bonds is 4. The van der Waals surface area contributed by atoms with Gasteiger partial charge in [-0.25, -0.2) is 4.39 Å². The van der Waals surface area contributed by atoms with Crippen LogP contribution in [-0.2, 0) is 6.61 Å². The Morgan fingerprint density at radius 1 is 0.955 bits per heavy atom. The molecule has 2 aromatic carbocycles. The number of ether oxygens (including phenoxy) is 1. The maximum atomic E-state index is 13.5. The van der Waals surface area contributed by atoms with E-state index in [2.05, 4.69) is 4.98 Å². The van der Waals surface area contributed by atoms with E-state index < -0.39 is 0 Å². The Morgan fingerprint density at radius 3 is 2.55 bits per heavy atom. The Kier molecular flexibility index (Phi) is 4.01. The molecule has 0 spiro atoms. The normalized spacial score (nSPS) is 10.4. The Hall–Kier alpha value is -2.88. The van der Waals surface area contributed by atoms with Gasteiger partial charge in [-0.1, -0.05) is 36.4 Å². The molecule has 0 saturated heterocycles. The Morgan fingerprint density at radius 2 is 1.77 bits per heavy atom. The van der Waals surface area contributed by atoms with Gasteiger partial charge in [0, 0.05) is 11.6 Å². The summed E-state index contributed by atoms with van der Waals surface area (Å²) in [6.07, 6.45) is 0. The van der Waals surface area contributed by atoms with Crippen molar-refractivity contribution < 1.29 is 9.13 Å². The molecule has 0 amide bonds. The molecule has 0 saturated carbocycles. The van der Waals surface area contributed by atoms with Crippen molar-refractivity contribution in [3.8, 4) is 17.0 Å². The maximum Gasteiger partial charge on any atom is 0.248 e. The first-order valence-electron chi connectivity index (χ1n) is 6.88. The van der Waals surface area contributed by atoms with Crippen molar-refractivity contribution in [2.75, 3.05) is 0 Å². The minimum atomic E-state index is -0.383. The van der Waals surface area contributed by atoms with Gasteiger partial charge in [0.15, 0.2) is 0 Å². The summed E-state index contributed by atoms with van der Waals surface area (Å²) in [4.78, 5) is 14.1. The molecule has 0 aliphatic rings. The van der Waals surface area contributed by atoms with Gasteiger partial charge in [-0.05, 0) is 29.8 Å². The third kappa shape index (κ3) is 3.23. The van der Waals surface area contributed by atoms with Crippen LogP contribution in [0.5, 0.6) is 5.75 Å². The number of aromatic nitrogens is 1. The van der Waals surface area contributed by atoms with E-state index in [1.165, 1.54) is 18.2 Å². The van der Waals surface area contributed by atoms with Gasteiger partial charge in [0.1, 0.15) is 18.2 Å². The van der Waals surface area contributed by atoms with Gasteiger partial charge < -0.3 is 9.72 Å².